The minimum atomic E-state index is -4.46. The molecule has 200 valence electrons. The summed E-state index contributed by atoms with van der Waals surface area (Å²) in [5.41, 5.74) is 0.537. The second-order valence-corrected chi connectivity index (χ2v) is 11.0. The van der Waals surface area contributed by atoms with E-state index in [2.05, 4.69) is 5.32 Å². The van der Waals surface area contributed by atoms with E-state index in [1.165, 1.54) is 23.3 Å². The first kappa shape index (κ1) is 26.1. The van der Waals surface area contributed by atoms with Gasteiger partial charge in [-0.25, -0.2) is 12.8 Å². The lowest BCUT2D eigenvalue weighted by atomic mass is 10.0. The first-order valence-electron chi connectivity index (χ1n) is 12.2. The number of rotatable bonds is 6. The number of furan rings is 1. The van der Waals surface area contributed by atoms with Gasteiger partial charge in [0.25, 0.3) is 17.7 Å². The lowest BCUT2D eigenvalue weighted by Crippen LogP contribution is -2.57. The number of hydrogen-bond donors (Lipinski definition) is 1. The van der Waals surface area contributed by atoms with Gasteiger partial charge in [0.1, 0.15) is 5.82 Å². The number of fused-ring (bicyclic) bond motifs is 1. The average Bonchev–Trinajstić information content (AvgIpc) is 3.50. The van der Waals surface area contributed by atoms with Crippen LogP contribution in [0.3, 0.4) is 0 Å². The quantitative estimate of drug-likeness (QED) is 0.370. The number of nitrogens with one attached hydrogen (secondary N) is 1. The summed E-state index contributed by atoms with van der Waals surface area (Å²) in [7, 11) is -4.46. The molecule has 39 heavy (non-hydrogen) atoms. The molecule has 0 radical (unpaired) electrons. The van der Waals surface area contributed by atoms with E-state index in [4.69, 9.17) is 4.42 Å². The summed E-state index contributed by atoms with van der Waals surface area (Å²) in [5.74, 6) is -2.78. The molecule has 3 amide bonds. The third-order valence-corrected chi connectivity index (χ3v) is 8.45. The van der Waals surface area contributed by atoms with Gasteiger partial charge in [-0.2, -0.15) is 0 Å². The fourth-order valence-electron chi connectivity index (χ4n) is 4.51. The SMILES string of the molecule is O=C(N[C@@H](C(=O)N1CCN(C(=O)c2cccc3ccccc23)CC1)S(=O)(=O)c1ccc(F)cc1)c1ccco1. The number of carbonyl (C=O) groups excluding carboxylic acids is 3. The van der Waals surface area contributed by atoms with Gasteiger partial charge in [0.15, 0.2) is 5.76 Å². The molecule has 2 heterocycles. The number of benzene rings is 3. The molecule has 1 atom stereocenters. The smallest absolute Gasteiger partial charge is 0.288 e. The molecule has 1 aliphatic rings. The molecule has 11 heteroatoms. The Labute approximate surface area is 223 Å². The van der Waals surface area contributed by atoms with E-state index in [1.807, 2.05) is 36.4 Å². The van der Waals surface area contributed by atoms with Crippen molar-refractivity contribution in [1.29, 1.82) is 0 Å². The molecular formula is C28H24FN3O6S. The van der Waals surface area contributed by atoms with Crippen molar-refractivity contribution in [2.24, 2.45) is 0 Å². The predicted molar refractivity (Wildman–Crippen MR) is 140 cm³/mol. The Balaban J connectivity index is 1.35. The van der Waals surface area contributed by atoms with Gasteiger partial charge in [-0.05, 0) is 53.2 Å². The Hall–Kier alpha value is -4.51. The van der Waals surface area contributed by atoms with Crippen LogP contribution in [0.2, 0.25) is 0 Å². The van der Waals surface area contributed by atoms with Crippen molar-refractivity contribution in [2.75, 3.05) is 26.2 Å². The predicted octanol–water partition coefficient (Wildman–Crippen LogP) is 3.09. The van der Waals surface area contributed by atoms with Crippen LogP contribution in [-0.4, -0.2) is 67.5 Å². The van der Waals surface area contributed by atoms with Crippen LogP contribution in [0.5, 0.6) is 0 Å². The lowest BCUT2D eigenvalue weighted by molar-refractivity contribution is -0.132. The molecule has 0 saturated carbocycles. The van der Waals surface area contributed by atoms with Gasteiger partial charge in [0.05, 0.1) is 11.2 Å². The van der Waals surface area contributed by atoms with E-state index in [9.17, 15) is 27.2 Å². The molecule has 1 aliphatic heterocycles. The minimum Gasteiger partial charge on any atom is -0.459 e. The van der Waals surface area contributed by atoms with Crippen molar-refractivity contribution in [3.05, 3.63) is 102 Å². The van der Waals surface area contributed by atoms with Crippen molar-refractivity contribution in [2.45, 2.75) is 10.3 Å². The van der Waals surface area contributed by atoms with Crippen molar-refractivity contribution in [1.82, 2.24) is 15.1 Å². The maximum atomic E-state index is 13.5. The Morgan fingerprint density at radius 1 is 0.821 bits per heavy atom. The fraction of sp³-hybridized carbons (Fsp3) is 0.179. The van der Waals surface area contributed by atoms with Crippen LogP contribution in [0.15, 0.2) is 94.4 Å². The monoisotopic (exact) mass is 549 g/mol. The largest absolute Gasteiger partial charge is 0.459 e. The highest BCUT2D eigenvalue weighted by Crippen LogP contribution is 2.22. The molecule has 1 saturated heterocycles. The highest BCUT2D eigenvalue weighted by molar-refractivity contribution is 7.92. The van der Waals surface area contributed by atoms with Crippen LogP contribution in [0.1, 0.15) is 20.9 Å². The Kier molecular flexibility index (Phi) is 7.16. The van der Waals surface area contributed by atoms with Crippen molar-refractivity contribution >= 4 is 38.3 Å². The van der Waals surface area contributed by atoms with Crippen molar-refractivity contribution in [3.63, 3.8) is 0 Å². The van der Waals surface area contributed by atoms with Gasteiger partial charge in [-0.1, -0.05) is 36.4 Å². The number of piperazine rings is 1. The number of sulfone groups is 1. The zero-order valence-electron chi connectivity index (χ0n) is 20.6. The standard InChI is InChI=1S/C28H24FN3O6S/c29-20-10-12-21(13-11-20)39(36,37)26(30-25(33)24-9-4-18-38-24)28(35)32-16-14-31(15-17-32)27(34)23-8-3-6-19-5-1-2-7-22(19)23/h1-13,18,26H,14-17H2,(H,30,33)/t26-/m1/s1. The zero-order valence-corrected chi connectivity index (χ0v) is 21.4. The van der Waals surface area contributed by atoms with Gasteiger partial charge in [0, 0.05) is 31.7 Å². The van der Waals surface area contributed by atoms with Gasteiger partial charge < -0.3 is 19.5 Å². The Morgan fingerprint density at radius 2 is 1.49 bits per heavy atom. The molecule has 1 N–H and O–H groups in total. The molecule has 3 aromatic carbocycles. The van der Waals surface area contributed by atoms with E-state index in [-0.39, 0.29) is 42.7 Å². The van der Waals surface area contributed by atoms with Gasteiger partial charge >= 0.3 is 0 Å². The summed E-state index contributed by atoms with van der Waals surface area (Å²) >= 11 is 0. The highest BCUT2D eigenvalue weighted by Gasteiger charge is 2.40. The summed E-state index contributed by atoms with van der Waals surface area (Å²) in [6, 6.07) is 19.8. The summed E-state index contributed by atoms with van der Waals surface area (Å²) < 4.78 is 45.4. The normalized spacial score (nSPS) is 14.7. The van der Waals surface area contributed by atoms with Crippen molar-refractivity contribution in [3.8, 4) is 0 Å². The van der Waals surface area contributed by atoms with Crippen LogP contribution in [0, 0.1) is 5.82 Å². The Morgan fingerprint density at radius 3 is 2.18 bits per heavy atom. The second-order valence-electron chi connectivity index (χ2n) is 8.97. The van der Waals surface area contributed by atoms with Crippen LogP contribution < -0.4 is 5.32 Å². The first-order valence-corrected chi connectivity index (χ1v) is 13.7. The summed E-state index contributed by atoms with van der Waals surface area (Å²) in [5, 5.41) is 2.02. The number of amides is 3. The number of halogens is 1. The maximum Gasteiger partial charge on any atom is 0.288 e. The molecule has 0 unspecified atom stereocenters. The summed E-state index contributed by atoms with van der Waals surface area (Å²) in [6.45, 7) is 0.454. The minimum absolute atomic E-state index is 0.0569. The third kappa shape index (κ3) is 5.26. The number of hydrogen-bond acceptors (Lipinski definition) is 6. The third-order valence-electron chi connectivity index (χ3n) is 6.58. The van der Waals surface area contributed by atoms with E-state index in [1.54, 1.807) is 11.0 Å². The van der Waals surface area contributed by atoms with Crippen LogP contribution in [0.4, 0.5) is 4.39 Å². The van der Waals surface area contributed by atoms with E-state index in [0.717, 1.165) is 35.0 Å². The van der Waals surface area contributed by atoms with Gasteiger partial charge in [-0.3, -0.25) is 14.4 Å². The van der Waals surface area contributed by atoms with E-state index >= 15 is 0 Å². The number of carbonyl (C=O) groups is 3. The summed E-state index contributed by atoms with van der Waals surface area (Å²) in [6.07, 6.45) is 1.24. The molecule has 9 nitrogen and oxygen atoms in total. The average molecular weight is 550 g/mol. The molecule has 0 aliphatic carbocycles. The molecular weight excluding hydrogens is 525 g/mol. The molecule has 0 bridgehead atoms. The van der Waals surface area contributed by atoms with Crippen LogP contribution >= 0.6 is 0 Å². The molecule has 1 fully saturated rings. The molecule has 5 rings (SSSR count). The van der Waals surface area contributed by atoms with E-state index in [0.29, 0.717) is 5.56 Å². The van der Waals surface area contributed by atoms with Gasteiger partial charge in [-0.15, -0.1) is 0 Å². The fourth-order valence-corrected chi connectivity index (χ4v) is 5.97. The van der Waals surface area contributed by atoms with Crippen molar-refractivity contribution < 1.29 is 31.6 Å². The first-order chi connectivity index (χ1) is 18.8. The van der Waals surface area contributed by atoms with Crippen LogP contribution in [0.25, 0.3) is 10.8 Å². The summed E-state index contributed by atoms with van der Waals surface area (Å²) in [4.78, 5) is 42.1. The maximum absolute atomic E-state index is 13.5. The lowest BCUT2D eigenvalue weighted by Gasteiger charge is -2.36. The Bertz CT molecular complexity index is 1620. The topological polar surface area (TPSA) is 117 Å². The number of nitrogens with zero attached hydrogens (tertiary/aromatic N) is 2. The highest BCUT2D eigenvalue weighted by atomic mass is 32.2. The van der Waals surface area contributed by atoms with Gasteiger partial charge in [0.2, 0.25) is 15.2 Å². The van der Waals surface area contributed by atoms with Crippen LogP contribution in [-0.2, 0) is 14.6 Å². The molecule has 1 aromatic heterocycles. The molecule has 4 aromatic rings. The van der Waals surface area contributed by atoms with E-state index < -0.39 is 32.8 Å². The second kappa shape index (κ2) is 10.7. The zero-order chi connectivity index (χ0) is 27.6. The molecule has 0 spiro atoms.